The van der Waals surface area contributed by atoms with Crippen molar-refractivity contribution in [1.82, 2.24) is 10.2 Å². The topological polar surface area (TPSA) is 41.6 Å². The van der Waals surface area contributed by atoms with Crippen LogP contribution in [-0.2, 0) is 9.53 Å². The average molecular weight is 214 g/mol. The van der Waals surface area contributed by atoms with Crippen molar-refractivity contribution in [3.8, 4) is 0 Å². The highest BCUT2D eigenvalue weighted by Gasteiger charge is 2.15. The first-order valence-corrected chi connectivity index (χ1v) is 5.84. The first-order chi connectivity index (χ1) is 7.27. The number of nitrogens with one attached hydrogen (secondary N) is 1. The molecule has 1 aliphatic heterocycles. The van der Waals surface area contributed by atoms with E-state index < -0.39 is 0 Å². The van der Waals surface area contributed by atoms with Crippen LogP contribution in [0.2, 0.25) is 0 Å². The Morgan fingerprint density at radius 2 is 2.20 bits per heavy atom. The summed E-state index contributed by atoms with van der Waals surface area (Å²) in [4.78, 5) is 13.4. The lowest BCUT2D eigenvalue weighted by Crippen LogP contribution is -2.34. The van der Waals surface area contributed by atoms with Gasteiger partial charge in [0.1, 0.15) is 6.61 Å². The SMILES string of the molecule is CCN(CC)C(=O)COCC1CCNC1. The van der Waals surface area contributed by atoms with Crippen LogP contribution in [0.3, 0.4) is 0 Å². The maximum atomic E-state index is 11.6. The van der Waals surface area contributed by atoms with Gasteiger partial charge < -0.3 is 15.0 Å². The fourth-order valence-corrected chi connectivity index (χ4v) is 1.84. The third kappa shape index (κ3) is 4.18. The summed E-state index contributed by atoms with van der Waals surface area (Å²) in [5.41, 5.74) is 0. The summed E-state index contributed by atoms with van der Waals surface area (Å²) in [6, 6.07) is 0. The zero-order valence-corrected chi connectivity index (χ0v) is 9.79. The van der Waals surface area contributed by atoms with Crippen LogP contribution in [0.1, 0.15) is 20.3 Å². The molecule has 0 spiro atoms. The van der Waals surface area contributed by atoms with Crippen LogP contribution >= 0.6 is 0 Å². The van der Waals surface area contributed by atoms with Crippen molar-refractivity contribution in [2.24, 2.45) is 5.92 Å². The van der Waals surface area contributed by atoms with E-state index in [4.69, 9.17) is 4.74 Å². The third-order valence-electron chi connectivity index (χ3n) is 2.86. The summed E-state index contributed by atoms with van der Waals surface area (Å²) in [6.45, 7) is 8.56. The molecule has 1 fully saturated rings. The van der Waals surface area contributed by atoms with Crippen molar-refractivity contribution in [3.05, 3.63) is 0 Å². The van der Waals surface area contributed by atoms with Gasteiger partial charge in [-0.1, -0.05) is 0 Å². The van der Waals surface area contributed by atoms with Crippen molar-refractivity contribution in [2.75, 3.05) is 39.4 Å². The van der Waals surface area contributed by atoms with Crippen LogP contribution in [0.25, 0.3) is 0 Å². The second-order valence-electron chi connectivity index (χ2n) is 3.94. The summed E-state index contributed by atoms with van der Waals surface area (Å²) in [7, 11) is 0. The van der Waals surface area contributed by atoms with E-state index in [-0.39, 0.29) is 12.5 Å². The van der Waals surface area contributed by atoms with Gasteiger partial charge in [-0.15, -0.1) is 0 Å². The zero-order chi connectivity index (χ0) is 11.1. The lowest BCUT2D eigenvalue weighted by atomic mass is 10.1. The lowest BCUT2D eigenvalue weighted by Gasteiger charge is -2.19. The van der Waals surface area contributed by atoms with Crippen molar-refractivity contribution in [1.29, 1.82) is 0 Å². The predicted octanol–water partition coefficient (Wildman–Crippen LogP) is 0.481. The Morgan fingerprint density at radius 1 is 1.47 bits per heavy atom. The van der Waals surface area contributed by atoms with Crippen molar-refractivity contribution < 1.29 is 9.53 Å². The van der Waals surface area contributed by atoms with E-state index in [9.17, 15) is 4.79 Å². The molecule has 1 atom stereocenters. The fraction of sp³-hybridized carbons (Fsp3) is 0.909. The number of amides is 1. The molecule has 1 aliphatic rings. The van der Waals surface area contributed by atoms with E-state index in [0.29, 0.717) is 12.5 Å². The molecular weight excluding hydrogens is 192 g/mol. The Morgan fingerprint density at radius 3 is 2.73 bits per heavy atom. The van der Waals surface area contributed by atoms with Gasteiger partial charge in [-0.2, -0.15) is 0 Å². The van der Waals surface area contributed by atoms with E-state index >= 15 is 0 Å². The summed E-state index contributed by atoms with van der Waals surface area (Å²) in [6.07, 6.45) is 1.17. The minimum atomic E-state index is 0.103. The van der Waals surface area contributed by atoms with Crippen LogP contribution < -0.4 is 5.32 Å². The molecule has 15 heavy (non-hydrogen) atoms. The van der Waals surface area contributed by atoms with Gasteiger partial charge in [0.25, 0.3) is 0 Å². The number of carbonyl (C=O) groups is 1. The van der Waals surface area contributed by atoms with Crippen molar-refractivity contribution in [2.45, 2.75) is 20.3 Å². The molecule has 1 rings (SSSR count). The molecule has 0 radical (unpaired) electrons. The van der Waals surface area contributed by atoms with Crippen LogP contribution in [0.5, 0.6) is 0 Å². The Labute approximate surface area is 92.0 Å². The largest absolute Gasteiger partial charge is 0.371 e. The van der Waals surface area contributed by atoms with E-state index in [1.54, 1.807) is 4.90 Å². The highest BCUT2D eigenvalue weighted by Crippen LogP contribution is 2.07. The molecular formula is C11H22N2O2. The molecule has 0 aromatic heterocycles. The molecule has 1 N–H and O–H groups in total. The number of rotatable bonds is 6. The van der Waals surface area contributed by atoms with E-state index in [1.165, 1.54) is 6.42 Å². The van der Waals surface area contributed by atoms with Gasteiger partial charge in [0.15, 0.2) is 0 Å². The van der Waals surface area contributed by atoms with Gasteiger partial charge in [-0.05, 0) is 32.7 Å². The molecule has 4 nitrogen and oxygen atoms in total. The van der Waals surface area contributed by atoms with E-state index in [2.05, 4.69) is 5.32 Å². The van der Waals surface area contributed by atoms with Crippen LogP contribution in [-0.4, -0.2) is 50.2 Å². The monoisotopic (exact) mass is 214 g/mol. The molecule has 1 heterocycles. The van der Waals surface area contributed by atoms with Crippen LogP contribution in [0.15, 0.2) is 0 Å². The highest BCUT2D eigenvalue weighted by atomic mass is 16.5. The van der Waals surface area contributed by atoms with Crippen molar-refractivity contribution in [3.63, 3.8) is 0 Å². The number of hydrogen-bond donors (Lipinski definition) is 1. The normalized spacial score (nSPS) is 20.5. The fourth-order valence-electron chi connectivity index (χ4n) is 1.84. The van der Waals surface area contributed by atoms with Crippen molar-refractivity contribution >= 4 is 5.91 Å². The van der Waals surface area contributed by atoms with Gasteiger partial charge in [-0.25, -0.2) is 0 Å². The van der Waals surface area contributed by atoms with E-state index in [1.807, 2.05) is 13.8 Å². The maximum Gasteiger partial charge on any atom is 0.248 e. The lowest BCUT2D eigenvalue weighted by molar-refractivity contribution is -0.136. The molecule has 0 saturated carbocycles. The van der Waals surface area contributed by atoms with E-state index in [0.717, 1.165) is 26.2 Å². The zero-order valence-electron chi connectivity index (χ0n) is 9.79. The second kappa shape index (κ2) is 6.80. The Bertz CT molecular complexity index is 187. The van der Waals surface area contributed by atoms with Gasteiger partial charge in [0, 0.05) is 19.6 Å². The summed E-state index contributed by atoms with van der Waals surface area (Å²) >= 11 is 0. The Hall–Kier alpha value is -0.610. The molecule has 1 unspecified atom stereocenters. The predicted molar refractivity (Wildman–Crippen MR) is 59.7 cm³/mol. The standard InChI is InChI=1S/C11H22N2O2/c1-3-13(4-2)11(14)9-15-8-10-5-6-12-7-10/h10,12H,3-9H2,1-2H3. The first kappa shape index (κ1) is 12.5. The summed E-state index contributed by atoms with van der Waals surface area (Å²) < 4.78 is 5.43. The minimum Gasteiger partial charge on any atom is -0.371 e. The van der Waals surface area contributed by atoms with Gasteiger partial charge in [0.05, 0.1) is 6.61 Å². The molecule has 0 aromatic rings. The molecule has 0 aliphatic carbocycles. The van der Waals surface area contributed by atoms with Crippen LogP contribution in [0.4, 0.5) is 0 Å². The molecule has 1 saturated heterocycles. The first-order valence-electron chi connectivity index (χ1n) is 5.84. The molecule has 4 heteroatoms. The second-order valence-corrected chi connectivity index (χ2v) is 3.94. The third-order valence-corrected chi connectivity index (χ3v) is 2.86. The van der Waals surface area contributed by atoms with Gasteiger partial charge in [-0.3, -0.25) is 4.79 Å². The number of ether oxygens (including phenoxy) is 1. The average Bonchev–Trinajstić information content (AvgIpc) is 2.72. The molecule has 88 valence electrons. The van der Waals surface area contributed by atoms with Crippen LogP contribution in [0, 0.1) is 5.92 Å². The molecule has 0 aromatic carbocycles. The summed E-state index contributed by atoms with van der Waals surface area (Å²) in [5, 5.41) is 3.28. The molecule has 0 bridgehead atoms. The van der Waals surface area contributed by atoms with Gasteiger partial charge >= 0.3 is 0 Å². The molecule has 1 amide bonds. The number of likely N-dealkylation sites (N-methyl/N-ethyl adjacent to an activating group) is 1. The van der Waals surface area contributed by atoms with Gasteiger partial charge in [0.2, 0.25) is 5.91 Å². The summed E-state index contributed by atoms with van der Waals surface area (Å²) in [5.74, 6) is 0.695. The highest BCUT2D eigenvalue weighted by molar-refractivity contribution is 5.77. The Kier molecular flexibility index (Phi) is 5.65. The number of carbonyl (C=O) groups excluding carboxylic acids is 1. The smallest absolute Gasteiger partial charge is 0.248 e. The number of hydrogen-bond acceptors (Lipinski definition) is 3. The quantitative estimate of drug-likeness (QED) is 0.699. The minimum absolute atomic E-state index is 0.103. The Balaban J connectivity index is 2.10. The maximum absolute atomic E-state index is 11.6. The number of nitrogens with zero attached hydrogens (tertiary/aromatic N) is 1.